The highest BCUT2D eigenvalue weighted by molar-refractivity contribution is 5.90. The number of H-pyrrole nitrogens is 1. The number of amides is 2. The molecule has 0 saturated carbocycles. The van der Waals surface area contributed by atoms with Crippen molar-refractivity contribution >= 4 is 11.8 Å². The lowest BCUT2D eigenvalue weighted by Crippen LogP contribution is -2.40. The number of aromatic amines is 1. The molecule has 0 aliphatic carbocycles. The number of likely N-dealkylation sites (N-methyl/N-ethyl adjacent to an activating group) is 1. The fourth-order valence-corrected chi connectivity index (χ4v) is 2.71. The average molecular weight is 356 g/mol. The van der Waals surface area contributed by atoms with Crippen molar-refractivity contribution in [1.29, 1.82) is 0 Å². The van der Waals surface area contributed by atoms with E-state index in [1.807, 2.05) is 45.0 Å². The van der Waals surface area contributed by atoms with E-state index in [0.29, 0.717) is 6.54 Å². The quantitative estimate of drug-likeness (QED) is 0.740. The molecular weight excluding hydrogens is 332 g/mol. The fraction of sp³-hybridized carbons (Fsp3) is 0.316. The number of nitrogens with one attached hydrogen (secondary N) is 2. The minimum absolute atomic E-state index is 0.0122. The average Bonchev–Trinajstić information content (AvgIpc) is 2.97. The molecule has 2 N–H and O–H groups in total. The van der Waals surface area contributed by atoms with Crippen molar-refractivity contribution in [3.63, 3.8) is 0 Å². The first-order valence-corrected chi connectivity index (χ1v) is 8.45. The van der Waals surface area contributed by atoms with Crippen LogP contribution in [-0.4, -0.2) is 39.4 Å². The van der Waals surface area contributed by atoms with E-state index in [1.54, 1.807) is 10.8 Å². The van der Waals surface area contributed by atoms with Crippen LogP contribution in [0.5, 0.6) is 0 Å². The van der Waals surface area contributed by atoms with Gasteiger partial charge in [0.05, 0.1) is 18.3 Å². The van der Waals surface area contributed by atoms with Gasteiger partial charge in [0.1, 0.15) is 0 Å². The zero-order valence-corrected chi connectivity index (χ0v) is 15.3. The summed E-state index contributed by atoms with van der Waals surface area (Å²) in [5, 5.41) is 2.88. The summed E-state index contributed by atoms with van der Waals surface area (Å²) in [7, 11) is 0. The lowest BCUT2D eigenvalue weighted by molar-refractivity contribution is -0.132. The summed E-state index contributed by atoms with van der Waals surface area (Å²) in [6.07, 6.45) is 2.85. The molecule has 0 spiro atoms. The minimum atomic E-state index is -0.271. The first-order chi connectivity index (χ1) is 12.4. The van der Waals surface area contributed by atoms with E-state index in [4.69, 9.17) is 0 Å². The Balaban J connectivity index is 2.05. The Morgan fingerprint density at radius 1 is 1.35 bits per heavy atom. The van der Waals surface area contributed by atoms with E-state index in [2.05, 4.69) is 16.9 Å². The molecule has 2 aromatic rings. The van der Waals surface area contributed by atoms with Crippen molar-refractivity contribution in [2.75, 3.05) is 13.1 Å². The minimum Gasteiger partial charge on any atom is -0.348 e. The Bertz CT molecular complexity index is 848. The van der Waals surface area contributed by atoms with Crippen LogP contribution in [0.1, 0.15) is 31.1 Å². The fourth-order valence-electron chi connectivity index (χ4n) is 2.71. The van der Waals surface area contributed by atoms with Gasteiger partial charge in [-0.25, -0.2) is 4.79 Å². The van der Waals surface area contributed by atoms with E-state index < -0.39 is 0 Å². The number of imidazole rings is 1. The third-order valence-corrected chi connectivity index (χ3v) is 4.19. The van der Waals surface area contributed by atoms with Crippen molar-refractivity contribution in [1.82, 2.24) is 19.8 Å². The molecule has 0 radical (unpaired) electrons. The van der Waals surface area contributed by atoms with Crippen LogP contribution in [-0.2, 0) is 9.59 Å². The van der Waals surface area contributed by atoms with Crippen molar-refractivity contribution < 1.29 is 9.59 Å². The topological polar surface area (TPSA) is 87.2 Å². The molecular formula is C19H24N4O3. The monoisotopic (exact) mass is 356 g/mol. The second-order valence-corrected chi connectivity index (χ2v) is 6.01. The largest absolute Gasteiger partial charge is 0.348 e. The molecule has 2 amide bonds. The number of aromatic nitrogens is 2. The van der Waals surface area contributed by atoms with Crippen LogP contribution in [0.2, 0.25) is 0 Å². The number of carbonyl (C=O) groups excluding carboxylic acids is 2. The van der Waals surface area contributed by atoms with E-state index in [0.717, 1.165) is 16.9 Å². The maximum absolute atomic E-state index is 12.2. The van der Waals surface area contributed by atoms with Gasteiger partial charge in [0.2, 0.25) is 11.8 Å². The molecule has 7 nitrogen and oxygen atoms in total. The number of aryl methyl sites for hydroxylation is 1. The number of rotatable bonds is 7. The zero-order valence-electron chi connectivity index (χ0n) is 15.3. The highest BCUT2D eigenvalue weighted by Gasteiger charge is 2.15. The van der Waals surface area contributed by atoms with Gasteiger partial charge in [-0.1, -0.05) is 18.7 Å². The summed E-state index contributed by atoms with van der Waals surface area (Å²) in [5.74, 6) is -0.511. The summed E-state index contributed by atoms with van der Waals surface area (Å²) in [6, 6.07) is 7.18. The standard InChI is InChI=1S/C19H24N4O3/c1-5-18(25)22(6-2)12-17(24)21-14(4)15-7-9-16(10-8-15)23-13(3)11-20-19(23)26/h5,7-11,14H,1,6,12H2,2-4H3,(H,20,26)(H,21,24). The van der Waals surface area contributed by atoms with Crippen molar-refractivity contribution in [2.45, 2.75) is 26.8 Å². The van der Waals surface area contributed by atoms with Crippen LogP contribution in [0.25, 0.3) is 5.69 Å². The van der Waals surface area contributed by atoms with Gasteiger partial charge >= 0.3 is 5.69 Å². The molecule has 0 fully saturated rings. The molecule has 0 aliphatic rings. The molecule has 2 rings (SSSR count). The van der Waals surface area contributed by atoms with E-state index >= 15 is 0 Å². The van der Waals surface area contributed by atoms with Crippen molar-refractivity contribution in [3.05, 3.63) is 64.9 Å². The summed E-state index contributed by atoms with van der Waals surface area (Å²) < 4.78 is 1.58. The van der Waals surface area contributed by atoms with Gasteiger partial charge < -0.3 is 15.2 Å². The van der Waals surface area contributed by atoms with Crippen LogP contribution >= 0.6 is 0 Å². The Labute approximate surface area is 152 Å². The maximum Gasteiger partial charge on any atom is 0.330 e. The normalized spacial score (nSPS) is 11.7. The number of hydrogen-bond acceptors (Lipinski definition) is 3. The molecule has 1 heterocycles. The number of hydrogen-bond donors (Lipinski definition) is 2. The Morgan fingerprint density at radius 2 is 2.00 bits per heavy atom. The van der Waals surface area contributed by atoms with Gasteiger partial charge in [-0.2, -0.15) is 0 Å². The highest BCUT2D eigenvalue weighted by atomic mass is 16.2. The Morgan fingerprint density at radius 3 is 2.50 bits per heavy atom. The molecule has 0 bridgehead atoms. The molecule has 26 heavy (non-hydrogen) atoms. The molecule has 1 unspecified atom stereocenters. The highest BCUT2D eigenvalue weighted by Crippen LogP contribution is 2.16. The smallest absolute Gasteiger partial charge is 0.330 e. The molecule has 1 aromatic heterocycles. The van der Waals surface area contributed by atoms with Gasteiger partial charge in [-0.3, -0.25) is 14.2 Å². The number of benzene rings is 1. The zero-order chi connectivity index (χ0) is 19.3. The lowest BCUT2D eigenvalue weighted by Gasteiger charge is -2.21. The SMILES string of the molecule is C=CC(=O)N(CC)CC(=O)NC(C)c1ccc(-n2c(C)c[nH]c2=O)cc1. The molecule has 138 valence electrons. The molecule has 7 heteroatoms. The molecule has 0 saturated heterocycles. The summed E-state index contributed by atoms with van der Waals surface area (Å²) in [4.78, 5) is 39.7. The van der Waals surface area contributed by atoms with Crippen LogP contribution in [0, 0.1) is 6.92 Å². The molecule has 0 aliphatic heterocycles. The first kappa shape index (κ1) is 19.2. The van der Waals surface area contributed by atoms with E-state index in [9.17, 15) is 14.4 Å². The summed E-state index contributed by atoms with van der Waals surface area (Å²) in [6.45, 7) is 9.38. The Kier molecular flexibility index (Phi) is 6.16. The van der Waals surface area contributed by atoms with Crippen molar-refractivity contribution in [2.24, 2.45) is 0 Å². The van der Waals surface area contributed by atoms with Crippen LogP contribution in [0.3, 0.4) is 0 Å². The van der Waals surface area contributed by atoms with Gasteiger partial charge in [0.15, 0.2) is 0 Å². The summed E-state index contributed by atoms with van der Waals surface area (Å²) >= 11 is 0. The third-order valence-electron chi connectivity index (χ3n) is 4.19. The third kappa shape index (κ3) is 4.30. The molecule has 1 aromatic carbocycles. The van der Waals surface area contributed by atoms with Crippen LogP contribution < -0.4 is 11.0 Å². The van der Waals surface area contributed by atoms with E-state index in [-0.39, 0.29) is 30.1 Å². The molecule has 1 atom stereocenters. The van der Waals surface area contributed by atoms with Gasteiger partial charge in [-0.05, 0) is 44.5 Å². The summed E-state index contributed by atoms with van der Waals surface area (Å²) in [5.41, 5.74) is 2.28. The first-order valence-electron chi connectivity index (χ1n) is 8.45. The van der Waals surface area contributed by atoms with Crippen molar-refractivity contribution in [3.8, 4) is 5.69 Å². The van der Waals surface area contributed by atoms with E-state index in [1.165, 1.54) is 11.0 Å². The van der Waals surface area contributed by atoms with Gasteiger partial charge in [-0.15, -0.1) is 0 Å². The van der Waals surface area contributed by atoms with Gasteiger partial charge in [0, 0.05) is 18.4 Å². The maximum atomic E-state index is 12.2. The number of carbonyl (C=O) groups is 2. The van der Waals surface area contributed by atoms with Crippen LogP contribution in [0.15, 0.2) is 47.9 Å². The lowest BCUT2D eigenvalue weighted by atomic mass is 10.1. The second kappa shape index (κ2) is 8.33. The van der Waals surface area contributed by atoms with Crippen LogP contribution in [0.4, 0.5) is 0 Å². The Hall–Kier alpha value is -3.09. The number of nitrogens with zero attached hydrogens (tertiary/aromatic N) is 2. The predicted octanol–water partition coefficient (Wildman–Crippen LogP) is 1.69. The predicted molar refractivity (Wildman–Crippen MR) is 100 cm³/mol. The second-order valence-electron chi connectivity index (χ2n) is 6.01. The van der Waals surface area contributed by atoms with Gasteiger partial charge in [0.25, 0.3) is 0 Å².